The maximum absolute atomic E-state index is 12.5. The molecule has 18 heavy (non-hydrogen) atoms. The molecule has 0 saturated carbocycles. The van der Waals surface area contributed by atoms with Gasteiger partial charge in [-0.2, -0.15) is 0 Å². The van der Waals surface area contributed by atoms with Gasteiger partial charge in [-0.25, -0.2) is 0 Å². The first-order chi connectivity index (χ1) is 7.97. The molecule has 0 heterocycles. The lowest BCUT2D eigenvalue weighted by Crippen LogP contribution is -2.06. The van der Waals surface area contributed by atoms with Gasteiger partial charge in [-0.3, -0.25) is 0 Å². The fraction of sp³-hybridized carbons (Fsp3) is 0.500. The van der Waals surface area contributed by atoms with Crippen LogP contribution in [0.15, 0.2) is 29.2 Å². The van der Waals surface area contributed by atoms with Crippen LogP contribution in [0.25, 0.3) is 0 Å². The van der Waals surface area contributed by atoms with Crippen molar-refractivity contribution in [2.45, 2.75) is 43.9 Å². The van der Waals surface area contributed by atoms with Crippen molar-refractivity contribution in [1.29, 1.82) is 0 Å². The summed E-state index contributed by atoms with van der Waals surface area (Å²) in [5.41, 5.74) is 0.685. The quantitative estimate of drug-likeness (QED) is 0.533. The number of rotatable bonds is 5. The van der Waals surface area contributed by atoms with E-state index in [9.17, 15) is 19.4 Å². The highest BCUT2D eigenvalue weighted by atomic mass is 32.5. The second-order valence-corrected chi connectivity index (χ2v) is 6.84. The third-order valence-corrected chi connectivity index (χ3v) is 4.09. The number of hydrogen-bond acceptors (Lipinski definition) is 0. The Bertz CT molecular complexity index is 405. The minimum Gasteiger partial charge on any atom is -0.0936 e. The molecule has 0 bridgehead atoms. The molecule has 0 nitrogen and oxygen atoms in total. The molecule has 0 saturated heterocycles. The average molecular weight is 288 g/mol. The van der Waals surface area contributed by atoms with E-state index in [1.807, 2.05) is 13.8 Å². The van der Waals surface area contributed by atoms with Crippen LogP contribution in [0.2, 0.25) is 0 Å². The van der Waals surface area contributed by atoms with E-state index in [0.29, 0.717) is 17.7 Å². The van der Waals surface area contributed by atoms with E-state index in [-0.39, 0.29) is 5.92 Å². The Balaban J connectivity index is 3.08. The molecule has 0 aliphatic rings. The van der Waals surface area contributed by atoms with Gasteiger partial charge in [0.15, 0.2) is 0 Å². The van der Waals surface area contributed by atoms with Crippen molar-refractivity contribution in [3.8, 4) is 0 Å². The molecule has 0 aromatic heterocycles. The Labute approximate surface area is 104 Å². The first-order valence-corrected chi connectivity index (χ1v) is 7.77. The SMILES string of the molecule is CCCC(CC)c1ccc(S(F)(F)(F)(F)F)cc1. The molecule has 0 N–H and O–H groups in total. The molecule has 1 unspecified atom stereocenters. The van der Waals surface area contributed by atoms with Crippen LogP contribution in [-0.4, -0.2) is 0 Å². The van der Waals surface area contributed by atoms with Gasteiger partial charge in [-0.05, 0) is 36.5 Å². The molecule has 0 fully saturated rings. The molecule has 0 spiro atoms. The summed E-state index contributed by atoms with van der Waals surface area (Å²) < 4.78 is 62.6. The molecule has 6 heteroatoms. The van der Waals surface area contributed by atoms with Crippen LogP contribution in [0.4, 0.5) is 19.4 Å². The third-order valence-electron chi connectivity index (χ3n) is 2.93. The average Bonchev–Trinajstić information content (AvgIpc) is 2.23. The molecular formula is C12H17F5S. The van der Waals surface area contributed by atoms with E-state index in [0.717, 1.165) is 31.4 Å². The third kappa shape index (κ3) is 3.86. The van der Waals surface area contributed by atoms with Crippen molar-refractivity contribution in [3.63, 3.8) is 0 Å². The van der Waals surface area contributed by atoms with Crippen LogP contribution in [-0.2, 0) is 0 Å². The zero-order chi connectivity index (χ0) is 14.1. The zero-order valence-electron chi connectivity index (χ0n) is 10.3. The highest BCUT2D eigenvalue weighted by Gasteiger charge is 2.65. The summed E-state index contributed by atoms with van der Waals surface area (Å²) >= 11 is 0. The van der Waals surface area contributed by atoms with Crippen LogP contribution in [0, 0.1) is 0 Å². The molecule has 0 aliphatic carbocycles. The highest BCUT2D eigenvalue weighted by molar-refractivity contribution is 8.45. The minimum atomic E-state index is -9.52. The summed E-state index contributed by atoms with van der Waals surface area (Å²) in [6.07, 6.45) is 2.53. The van der Waals surface area contributed by atoms with Gasteiger partial charge in [0.05, 0.1) is 0 Å². The van der Waals surface area contributed by atoms with Gasteiger partial charge in [0, 0.05) is 0 Å². The first kappa shape index (κ1) is 15.3. The Morgan fingerprint density at radius 3 is 1.78 bits per heavy atom. The molecule has 0 amide bonds. The fourth-order valence-corrected chi connectivity index (χ4v) is 2.60. The Morgan fingerprint density at radius 1 is 0.944 bits per heavy atom. The van der Waals surface area contributed by atoms with Crippen molar-refractivity contribution in [2.24, 2.45) is 0 Å². The predicted octanol–water partition coefficient (Wildman–Crippen LogP) is 6.64. The minimum absolute atomic E-state index is 0.127. The van der Waals surface area contributed by atoms with Gasteiger partial charge in [-0.15, -0.1) is 0 Å². The Kier molecular flexibility index (Phi) is 3.49. The lowest BCUT2D eigenvalue weighted by atomic mass is 9.92. The summed E-state index contributed by atoms with van der Waals surface area (Å²) in [4.78, 5) is -1.81. The van der Waals surface area contributed by atoms with Gasteiger partial charge in [-0.1, -0.05) is 51.8 Å². The molecule has 1 atom stereocenters. The predicted molar refractivity (Wildman–Crippen MR) is 65.8 cm³/mol. The zero-order valence-corrected chi connectivity index (χ0v) is 11.1. The van der Waals surface area contributed by atoms with Gasteiger partial charge < -0.3 is 0 Å². The number of benzene rings is 1. The Morgan fingerprint density at radius 2 is 1.44 bits per heavy atom. The monoisotopic (exact) mass is 288 g/mol. The molecule has 0 aliphatic heterocycles. The van der Waals surface area contributed by atoms with Crippen molar-refractivity contribution < 1.29 is 19.4 Å². The fourth-order valence-electron chi connectivity index (χ4n) is 1.95. The van der Waals surface area contributed by atoms with Crippen molar-refractivity contribution in [2.75, 3.05) is 0 Å². The topological polar surface area (TPSA) is 0 Å². The summed E-state index contributed by atoms with van der Waals surface area (Å²) in [6, 6.07) is 3.32. The van der Waals surface area contributed by atoms with E-state index in [4.69, 9.17) is 0 Å². The summed E-state index contributed by atoms with van der Waals surface area (Å²) in [6.45, 7) is 3.91. The van der Waals surface area contributed by atoms with Crippen LogP contribution in [0.3, 0.4) is 0 Å². The van der Waals surface area contributed by atoms with Gasteiger partial charge >= 0.3 is 10.2 Å². The molecule has 1 aromatic carbocycles. The standard InChI is InChI=1S/C12H17F5S/c1-3-5-10(4-2)11-6-8-12(9-7-11)18(13,14,15,16)17/h6-10H,3-5H2,1-2H3. The maximum atomic E-state index is 12.5. The van der Waals surface area contributed by atoms with Gasteiger partial charge in [0.2, 0.25) is 0 Å². The molecule has 1 aromatic rings. The smallest absolute Gasteiger partial charge is 0.0936 e. The molecule has 1 rings (SSSR count). The molecule has 106 valence electrons. The van der Waals surface area contributed by atoms with E-state index in [2.05, 4.69) is 0 Å². The van der Waals surface area contributed by atoms with E-state index in [1.165, 1.54) is 0 Å². The molecule has 0 radical (unpaired) electrons. The van der Waals surface area contributed by atoms with Crippen molar-refractivity contribution >= 4 is 10.2 Å². The summed E-state index contributed by atoms with van der Waals surface area (Å²) in [5.74, 6) is 0.127. The lowest BCUT2D eigenvalue weighted by Gasteiger charge is -2.40. The van der Waals surface area contributed by atoms with Crippen LogP contribution < -0.4 is 0 Å². The normalized spacial score (nSPS) is 17.9. The second kappa shape index (κ2) is 4.11. The second-order valence-electron chi connectivity index (χ2n) is 4.43. The number of halogens is 5. The molecular weight excluding hydrogens is 271 g/mol. The van der Waals surface area contributed by atoms with E-state index in [1.54, 1.807) is 0 Å². The number of hydrogen-bond donors (Lipinski definition) is 0. The Hall–Kier alpha value is -0.780. The first-order valence-electron chi connectivity index (χ1n) is 5.82. The highest BCUT2D eigenvalue weighted by Crippen LogP contribution is 3.02. The van der Waals surface area contributed by atoms with Crippen molar-refractivity contribution in [3.05, 3.63) is 29.8 Å². The van der Waals surface area contributed by atoms with Gasteiger partial charge in [0.25, 0.3) is 0 Å². The van der Waals surface area contributed by atoms with E-state index < -0.39 is 15.1 Å². The summed E-state index contributed by atoms with van der Waals surface area (Å²) in [5, 5.41) is 0. The van der Waals surface area contributed by atoms with Gasteiger partial charge in [0.1, 0.15) is 4.90 Å². The van der Waals surface area contributed by atoms with Crippen LogP contribution in [0.1, 0.15) is 44.6 Å². The van der Waals surface area contributed by atoms with Crippen LogP contribution in [0.5, 0.6) is 0 Å². The van der Waals surface area contributed by atoms with Crippen LogP contribution >= 0.6 is 10.2 Å². The lowest BCUT2D eigenvalue weighted by molar-refractivity contribution is 0.364. The summed E-state index contributed by atoms with van der Waals surface area (Å²) in [7, 11) is -9.52. The maximum Gasteiger partial charge on any atom is 0.310 e. The largest absolute Gasteiger partial charge is 0.310 e. The van der Waals surface area contributed by atoms with Crippen molar-refractivity contribution in [1.82, 2.24) is 0 Å². The van der Waals surface area contributed by atoms with E-state index >= 15 is 0 Å².